The summed E-state index contributed by atoms with van der Waals surface area (Å²) in [6, 6.07) is 6.01. The Morgan fingerprint density at radius 2 is 1.86 bits per heavy atom. The zero-order valence-electron chi connectivity index (χ0n) is 16.4. The predicted molar refractivity (Wildman–Crippen MR) is 115 cm³/mol. The van der Waals surface area contributed by atoms with Crippen molar-refractivity contribution in [3.05, 3.63) is 45.8 Å². The van der Waals surface area contributed by atoms with Gasteiger partial charge in [0.2, 0.25) is 16.0 Å². The van der Waals surface area contributed by atoms with Crippen LogP contribution in [0.15, 0.2) is 40.2 Å². The van der Waals surface area contributed by atoms with E-state index in [2.05, 4.69) is 20.0 Å². The van der Waals surface area contributed by atoms with E-state index in [-0.39, 0.29) is 22.0 Å². The first-order chi connectivity index (χ1) is 13.8. The van der Waals surface area contributed by atoms with Crippen molar-refractivity contribution in [2.45, 2.75) is 32.2 Å². The molecule has 154 valence electrons. The third-order valence-electron chi connectivity index (χ3n) is 4.35. The lowest BCUT2D eigenvalue weighted by molar-refractivity contribution is 0.584. The maximum atomic E-state index is 13.1. The topological polar surface area (TPSA) is 106 Å². The number of pyridine rings is 1. The first-order valence-corrected chi connectivity index (χ1v) is 11.1. The van der Waals surface area contributed by atoms with E-state index in [0.29, 0.717) is 41.2 Å². The molecule has 3 aromatic rings. The van der Waals surface area contributed by atoms with Crippen molar-refractivity contribution in [3.8, 4) is 11.1 Å². The monoisotopic (exact) mass is 435 g/mol. The van der Waals surface area contributed by atoms with Gasteiger partial charge in [-0.3, -0.25) is 9.36 Å². The van der Waals surface area contributed by atoms with Gasteiger partial charge in [0.05, 0.1) is 4.90 Å². The molecular weight excluding hydrogens is 414 g/mol. The molecular formula is C19H22ClN5O3S. The molecule has 0 saturated heterocycles. The minimum absolute atomic E-state index is 0.0447. The van der Waals surface area contributed by atoms with Gasteiger partial charge in [-0.2, -0.15) is 4.98 Å². The second-order valence-corrected chi connectivity index (χ2v) is 8.43. The smallest absolute Gasteiger partial charge is 0.260 e. The molecule has 2 aromatic heterocycles. The normalized spacial score (nSPS) is 11.7. The summed E-state index contributed by atoms with van der Waals surface area (Å²) in [5.41, 5.74) is 1.07. The number of aromatic nitrogens is 3. The Balaban J connectivity index is 2.19. The average molecular weight is 436 g/mol. The standard InChI is InChI=1S/C19H22ClN5O3S/c1-4-21-19-22-11-12-9-15(18(26)25(6-3)17(12)24-19)14-8-7-13(10-16(14)20)29(27,28)23-5-2/h7-11,23H,4-6H2,1-3H3,(H,21,22,24). The van der Waals surface area contributed by atoms with E-state index in [4.69, 9.17) is 11.6 Å². The molecule has 0 unspecified atom stereocenters. The predicted octanol–water partition coefficient (Wildman–Crippen LogP) is 2.86. The summed E-state index contributed by atoms with van der Waals surface area (Å²) < 4.78 is 28.4. The number of nitrogens with zero attached hydrogens (tertiary/aromatic N) is 3. The van der Waals surface area contributed by atoms with Crippen molar-refractivity contribution in [1.82, 2.24) is 19.3 Å². The molecule has 0 bridgehead atoms. The highest BCUT2D eigenvalue weighted by Crippen LogP contribution is 2.29. The molecule has 3 rings (SSSR count). The Hall–Kier alpha value is -2.49. The summed E-state index contributed by atoms with van der Waals surface area (Å²) in [4.78, 5) is 21.9. The first kappa shape index (κ1) is 21.2. The highest BCUT2D eigenvalue weighted by Gasteiger charge is 2.18. The summed E-state index contributed by atoms with van der Waals surface area (Å²) in [5, 5.41) is 3.89. The van der Waals surface area contributed by atoms with Gasteiger partial charge in [0.1, 0.15) is 5.65 Å². The van der Waals surface area contributed by atoms with Crippen LogP contribution in [0.2, 0.25) is 5.02 Å². The number of hydrogen-bond acceptors (Lipinski definition) is 6. The third kappa shape index (κ3) is 4.12. The average Bonchev–Trinajstić information content (AvgIpc) is 2.68. The number of fused-ring (bicyclic) bond motifs is 1. The van der Waals surface area contributed by atoms with E-state index in [0.717, 1.165) is 0 Å². The fourth-order valence-corrected chi connectivity index (χ4v) is 4.46. The second kappa shape index (κ2) is 8.48. The molecule has 10 heteroatoms. The van der Waals surface area contributed by atoms with Gasteiger partial charge in [-0.15, -0.1) is 0 Å². The van der Waals surface area contributed by atoms with Crippen LogP contribution in [-0.2, 0) is 16.6 Å². The fourth-order valence-electron chi connectivity index (χ4n) is 3.04. The van der Waals surface area contributed by atoms with E-state index in [9.17, 15) is 13.2 Å². The van der Waals surface area contributed by atoms with Gasteiger partial charge >= 0.3 is 0 Å². The first-order valence-electron chi connectivity index (χ1n) is 9.26. The molecule has 0 amide bonds. The van der Waals surface area contributed by atoms with Crippen LogP contribution in [0.4, 0.5) is 5.95 Å². The molecule has 0 saturated carbocycles. The highest BCUT2D eigenvalue weighted by atomic mass is 35.5. The van der Waals surface area contributed by atoms with Crippen LogP contribution in [0.25, 0.3) is 22.2 Å². The maximum Gasteiger partial charge on any atom is 0.260 e. The zero-order valence-corrected chi connectivity index (χ0v) is 17.9. The van der Waals surface area contributed by atoms with Gasteiger partial charge in [-0.25, -0.2) is 18.1 Å². The molecule has 2 N–H and O–H groups in total. The number of hydrogen-bond donors (Lipinski definition) is 2. The van der Waals surface area contributed by atoms with Crippen molar-refractivity contribution in [1.29, 1.82) is 0 Å². The van der Waals surface area contributed by atoms with Crippen LogP contribution in [-0.4, -0.2) is 36.0 Å². The molecule has 1 aromatic carbocycles. The van der Waals surface area contributed by atoms with Crippen molar-refractivity contribution in [2.75, 3.05) is 18.4 Å². The summed E-state index contributed by atoms with van der Waals surface area (Å²) in [6.07, 6.45) is 1.65. The molecule has 0 aliphatic carbocycles. The second-order valence-electron chi connectivity index (χ2n) is 6.25. The quantitative estimate of drug-likeness (QED) is 0.591. The van der Waals surface area contributed by atoms with Crippen molar-refractivity contribution in [2.24, 2.45) is 0 Å². The molecule has 2 heterocycles. The largest absolute Gasteiger partial charge is 0.354 e. The van der Waals surface area contributed by atoms with Crippen LogP contribution in [0, 0.1) is 0 Å². The minimum atomic E-state index is -3.64. The van der Waals surface area contributed by atoms with Crippen molar-refractivity contribution < 1.29 is 8.42 Å². The molecule has 0 aliphatic heterocycles. The fraction of sp³-hybridized carbons (Fsp3) is 0.316. The van der Waals surface area contributed by atoms with Gasteiger partial charge in [0, 0.05) is 47.4 Å². The van der Waals surface area contributed by atoms with Gasteiger partial charge < -0.3 is 5.32 Å². The zero-order chi connectivity index (χ0) is 21.2. The number of benzene rings is 1. The Morgan fingerprint density at radius 1 is 1.10 bits per heavy atom. The van der Waals surface area contributed by atoms with Crippen molar-refractivity contribution in [3.63, 3.8) is 0 Å². The van der Waals surface area contributed by atoms with Crippen LogP contribution in [0.5, 0.6) is 0 Å². The van der Waals surface area contributed by atoms with E-state index in [1.165, 1.54) is 12.1 Å². The SMILES string of the molecule is CCNc1ncc2cc(-c3ccc(S(=O)(=O)NCC)cc3Cl)c(=O)n(CC)c2n1. The number of rotatable bonds is 7. The molecule has 0 radical (unpaired) electrons. The number of anilines is 1. The van der Waals surface area contributed by atoms with Crippen LogP contribution < -0.4 is 15.6 Å². The summed E-state index contributed by atoms with van der Waals surface area (Å²) in [7, 11) is -3.64. The van der Waals surface area contributed by atoms with E-state index in [1.54, 1.807) is 29.8 Å². The van der Waals surface area contributed by atoms with Crippen LogP contribution in [0.3, 0.4) is 0 Å². The summed E-state index contributed by atoms with van der Waals surface area (Å²) in [5.74, 6) is 0.449. The summed E-state index contributed by atoms with van der Waals surface area (Å²) in [6.45, 7) is 6.83. The highest BCUT2D eigenvalue weighted by molar-refractivity contribution is 7.89. The number of nitrogens with one attached hydrogen (secondary N) is 2. The maximum absolute atomic E-state index is 13.1. The molecule has 0 fully saturated rings. The molecule has 0 atom stereocenters. The van der Waals surface area contributed by atoms with Crippen LogP contribution in [0.1, 0.15) is 20.8 Å². The molecule has 0 aliphatic rings. The Labute approximate surface area is 174 Å². The van der Waals surface area contributed by atoms with E-state index >= 15 is 0 Å². The van der Waals surface area contributed by atoms with Gasteiger partial charge in [-0.05, 0) is 32.0 Å². The summed E-state index contributed by atoms with van der Waals surface area (Å²) >= 11 is 6.37. The van der Waals surface area contributed by atoms with E-state index < -0.39 is 10.0 Å². The lowest BCUT2D eigenvalue weighted by atomic mass is 10.1. The number of halogens is 1. The van der Waals surface area contributed by atoms with Crippen molar-refractivity contribution >= 4 is 38.6 Å². The van der Waals surface area contributed by atoms with Crippen LogP contribution >= 0.6 is 11.6 Å². The molecule has 29 heavy (non-hydrogen) atoms. The van der Waals surface area contributed by atoms with Gasteiger partial charge in [-0.1, -0.05) is 24.6 Å². The Kier molecular flexibility index (Phi) is 6.21. The number of sulfonamides is 1. The Morgan fingerprint density at radius 3 is 2.48 bits per heavy atom. The number of aryl methyl sites for hydroxylation is 1. The lowest BCUT2D eigenvalue weighted by Crippen LogP contribution is -2.24. The third-order valence-corrected chi connectivity index (χ3v) is 6.21. The minimum Gasteiger partial charge on any atom is -0.354 e. The van der Waals surface area contributed by atoms with Gasteiger partial charge in [0.15, 0.2) is 0 Å². The van der Waals surface area contributed by atoms with E-state index in [1.807, 2.05) is 13.8 Å². The van der Waals surface area contributed by atoms with Gasteiger partial charge in [0.25, 0.3) is 5.56 Å². The lowest BCUT2D eigenvalue weighted by Gasteiger charge is -2.13. The molecule has 0 spiro atoms. The Bertz CT molecular complexity index is 1220. The molecule has 8 nitrogen and oxygen atoms in total.